The lowest BCUT2D eigenvalue weighted by atomic mass is 9.89. The SMILES string of the molecule is CCNC(=NCCCN(CC)S(C)(=O)=O)NC(C)CCC(C)(C)C. The molecular weight excluding hydrogens is 324 g/mol. The minimum atomic E-state index is -3.11. The smallest absolute Gasteiger partial charge is 0.211 e. The van der Waals surface area contributed by atoms with E-state index < -0.39 is 10.0 Å². The molecule has 0 heterocycles. The Hall–Kier alpha value is -0.820. The van der Waals surface area contributed by atoms with Crippen molar-refractivity contribution in [3.63, 3.8) is 0 Å². The van der Waals surface area contributed by atoms with Gasteiger partial charge < -0.3 is 10.6 Å². The lowest BCUT2D eigenvalue weighted by Crippen LogP contribution is -2.42. The predicted octanol–water partition coefficient (Wildman–Crippen LogP) is 2.43. The van der Waals surface area contributed by atoms with Crippen molar-refractivity contribution in [3.05, 3.63) is 0 Å². The molecule has 24 heavy (non-hydrogen) atoms. The summed E-state index contributed by atoms with van der Waals surface area (Å²) in [5.41, 5.74) is 0.334. The van der Waals surface area contributed by atoms with Gasteiger partial charge >= 0.3 is 0 Å². The van der Waals surface area contributed by atoms with Crippen LogP contribution in [-0.2, 0) is 10.0 Å². The van der Waals surface area contributed by atoms with Crippen LogP contribution in [0, 0.1) is 5.41 Å². The van der Waals surface area contributed by atoms with Gasteiger partial charge in [0.1, 0.15) is 0 Å². The Bertz CT molecular complexity index is 469. The summed E-state index contributed by atoms with van der Waals surface area (Å²) in [5, 5.41) is 6.68. The molecule has 0 aliphatic rings. The molecule has 1 unspecified atom stereocenters. The summed E-state index contributed by atoms with van der Waals surface area (Å²) in [6, 6.07) is 0.352. The summed E-state index contributed by atoms with van der Waals surface area (Å²) < 4.78 is 24.6. The Balaban J connectivity index is 4.42. The van der Waals surface area contributed by atoms with Crippen molar-refractivity contribution in [2.24, 2.45) is 10.4 Å². The quantitative estimate of drug-likeness (QED) is 0.356. The highest BCUT2D eigenvalue weighted by Gasteiger charge is 2.14. The van der Waals surface area contributed by atoms with Gasteiger partial charge in [0.15, 0.2) is 5.96 Å². The summed E-state index contributed by atoms with van der Waals surface area (Å²) in [5.74, 6) is 0.807. The fourth-order valence-corrected chi connectivity index (χ4v) is 3.20. The molecule has 0 spiro atoms. The Labute approximate surface area is 149 Å². The highest BCUT2D eigenvalue weighted by Crippen LogP contribution is 2.21. The van der Waals surface area contributed by atoms with Crippen LogP contribution in [-0.4, -0.2) is 57.2 Å². The first-order chi connectivity index (χ1) is 11.0. The predicted molar refractivity (Wildman–Crippen MR) is 104 cm³/mol. The summed E-state index contributed by atoms with van der Waals surface area (Å²) in [4.78, 5) is 4.56. The number of aliphatic imine (C=N–C) groups is 1. The van der Waals surface area contributed by atoms with Crippen LogP contribution >= 0.6 is 0 Å². The molecule has 0 rings (SSSR count). The van der Waals surface area contributed by atoms with Crippen LogP contribution in [0.25, 0.3) is 0 Å². The van der Waals surface area contributed by atoms with Gasteiger partial charge in [0.2, 0.25) is 10.0 Å². The van der Waals surface area contributed by atoms with Gasteiger partial charge in [-0.1, -0.05) is 27.7 Å². The van der Waals surface area contributed by atoms with Crippen LogP contribution in [0.5, 0.6) is 0 Å². The summed E-state index contributed by atoms with van der Waals surface area (Å²) in [7, 11) is -3.11. The molecule has 0 amide bonds. The normalized spacial score (nSPS) is 14.8. The molecule has 0 aromatic rings. The number of sulfonamides is 1. The maximum Gasteiger partial charge on any atom is 0.211 e. The summed E-state index contributed by atoms with van der Waals surface area (Å²) in [6.07, 6.45) is 4.21. The van der Waals surface area contributed by atoms with Crippen molar-refractivity contribution in [1.29, 1.82) is 0 Å². The zero-order valence-electron chi connectivity index (χ0n) is 16.6. The van der Waals surface area contributed by atoms with Gasteiger partial charge in [-0.15, -0.1) is 0 Å². The molecule has 0 fully saturated rings. The number of nitrogens with zero attached hydrogens (tertiary/aromatic N) is 2. The standard InChI is InChI=1S/C17H38N4O2S/c1-8-18-16(20-15(3)11-12-17(4,5)6)19-13-10-14-21(9-2)24(7,22)23/h15H,8-14H2,1-7H3,(H2,18,19,20). The van der Waals surface area contributed by atoms with E-state index in [1.54, 1.807) is 0 Å². The molecule has 0 radical (unpaired) electrons. The van der Waals surface area contributed by atoms with Crippen LogP contribution in [0.15, 0.2) is 4.99 Å². The summed E-state index contributed by atoms with van der Waals surface area (Å²) in [6.45, 7) is 15.2. The van der Waals surface area contributed by atoms with E-state index in [1.807, 2.05) is 13.8 Å². The first-order valence-corrected chi connectivity index (χ1v) is 10.8. The zero-order chi connectivity index (χ0) is 18.8. The first kappa shape index (κ1) is 23.2. The van der Waals surface area contributed by atoms with E-state index in [4.69, 9.17) is 0 Å². The third-order valence-corrected chi connectivity index (χ3v) is 5.09. The lowest BCUT2D eigenvalue weighted by molar-refractivity contribution is 0.346. The zero-order valence-corrected chi connectivity index (χ0v) is 17.5. The van der Waals surface area contributed by atoms with E-state index in [0.29, 0.717) is 37.5 Å². The third-order valence-electron chi connectivity index (χ3n) is 3.71. The lowest BCUT2D eigenvalue weighted by Gasteiger charge is -2.23. The van der Waals surface area contributed by atoms with E-state index in [2.05, 4.69) is 43.3 Å². The van der Waals surface area contributed by atoms with Gasteiger partial charge in [0, 0.05) is 32.2 Å². The number of rotatable bonds is 10. The van der Waals surface area contributed by atoms with Crippen molar-refractivity contribution in [3.8, 4) is 0 Å². The first-order valence-electron chi connectivity index (χ1n) is 8.99. The second kappa shape index (κ2) is 10.9. The molecule has 0 aromatic heterocycles. The number of hydrogen-bond donors (Lipinski definition) is 2. The molecule has 0 aliphatic carbocycles. The molecule has 2 N–H and O–H groups in total. The van der Waals surface area contributed by atoms with Crippen LogP contribution in [0.4, 0.5) is 0 Å². The fraction of sp³-hybridized carbons (Fsp3) is 0.941. The maximum absolute atomic E-state index is 11.6. The van der Waals surface area contributed by atoms with Gasteiger partial charge in [-0.25, -0.2) is 12.7 Å². The molecule has 6 nitrogen and oxygen atoms in total. The second-order valence-corrected chi connectivity index (χ2v) is 9.50. The van der Waals surface area contributed by atoms with E-state index in [0.717, 1.165) is 25.3 Å². The Kier molecular flexibility index (Phi) is 10.6. The number of hydrogen-bond acceptors (Lipinski definition) is 3. The van der Waals surface area contributed by atoms with Crippen molar-refractivity contribution in [1.82, 2.24) is 14.9 Å². The molecule has 7 heteroatoms. The summed E-state index contributed by atoms with van der Waals surface area (Å²) >= 11 is 0. The highest BCUT2D eigenvalue weighted by atomic mass is 32.2. The monoisotopic (exact) mass is 362 g/mol. The van der Waals surface area contributed by atoms with Crippen molar-refractivity contribution >= 4 is 16.0 Å². The van der Waals surface area contributed by atoms with E-state index >= 15 is 0 Å². The minimum Gasteiger partial charge on any atom is -0.357 e. The Morgan fingerprint density at radius 1 is 1.25 bits per heavy atom. The van der Waals surface area contributed by atoms with Crippen LogP contribution in [0.3, 0.4) is 0 Å². The van der Waals surface area contributed by atoms with Gasteiger partial charge in [-0.05, 0) is 38.5 Å². The molecule has 144 valence electrons. The molecule has 1 atom stereocenters. The van der Waals surface area contributed by atoms with E-state index in [9.17, 15) is 8.42 Å². The van der Waals surface area contributed by atoms with Gasteiger partial charge in [-0.2, -0.15) is 0 Å². The Morgan fingerprint density at radius 3 is 2.33 bits per heavy atom. The van der Waals surface area contributed by atoms with E-state index in [1.165, 1.54) is 10.6 Å². The van der Waals surface area contributed by atoms with Crippen LogP contribution in [0.1, 0.15) is 60.8 Å². The number of nitrogens with one attached hydrogen (secondary N) is 2. The molecule has 0 bridgehead atoms. The molecule has 0 aliphatic heterocycles. The van der Waals surface area contributed by atoms with Crippen molar-refractivity contribution in [2.45, 2.75) is 66.8 Å². The fourth-order valence-electron chi connectivity index (χ4n) is 2.27. The number of guanidine groups is 1. The second-order valence-electron chi connectivity index (χ2n) is 7.51. The topological polar surface area (TPSA) is 73.8 Å². The van der Waals surface area contributed by atoms with E-state index in [-0.39, 0.29) is 0 Å². The van der Waals surface area contributed by atoms with Gasteiger partial charge in [0.05, 0.1) is 6.26 Å². The van der Waals surface area contributed by atoms with Crippen LogP contribution < -0.4 is 10.6 Å². The minimum absolute atomic E-state index is 0.334. The van der Waals surface area contributed by atoms with Crippen LogP contribution in [0.2, 0.25) is 0 Å². The molecule has 0 saturated carbocycles. The maximum atomic E-state index is 11.6. The van der Waals surface area contributed by atoms with Crippen molar-refractivity contribution < 1.29 is 8.42 Å². The largest absolute Gasteiger partial charge is 0.357 e. The average Bonchev–Trinajstić information content (AvgIpc) is 2.43. The van der Waals surface area contributed by atoms with Gasteiger partial charge in [0.25, 0.3) is 0 Å². The van der Waals surface area contributed by atoms with Gasteiger partial charge in [-0.3, -0.25) is 4.99 Å². The Morgan fingerprint density at radius 2 is 1.88 bits per heavy atom. The molecule has 0 aromatic carbocycles. The highest BCUT2D eigenvalue weighted by molar-refractivity contribution is 7.88. The molecular formula is C17H38N4O2S. The van der Waals surface area contributed by atoms with Crippen molar-refractivity contribution in [2.75, 3.05) is 32.4 Å². The third kappa shape index (κ3) is 11.7. The average molecular weight is 363 g/mol. The molecule has 0 saturated heterocycles.